The predicted molar refractivity (Wildman–Crippen MR) is 142 cm³/mol. The molecule has 4 rings (SSSR count). The second-order valence-electron chi connectivity index (χ2n) is 9.53. The summed E-state index contributed by atoms with van der Waals surface area (Å²) in [5.41, 5.74) is 5.75. The molecule has 0 saturated carbocycles. The van der Waals surface area contributed by atoms with Crippen LogP contribution in [0.5, 0.6) is 11.5 Å². The van der Waals surface area contributed by atoms with Crippen LogP contribution in [0.4, 0.5) is 10.6 Å². The number of amides is 1. The molecule has 0 bridgehead atoms. The lowest BCUT2D eigenvalue weighted by Gasteiger charge is -2.29. The van der Waals surface area contributed by atoms with Crippen LogP contribution in [0, 0.1) is 5.41 Å². The number of amidine groups is 1. The van der Waals surface area contributed by atoms with E-state index < -0.39 is 5.60 Å². The van der Waals surface area contributed by atoms with E-state index in [4.69, 9.17) is 30.3 Å². The molecule has 36 heavy (non-hydrogen) atoms. The molecule has 12 heteroatoms. The summed E-state index contributed by atoms with van der Waals surface area (Å²) in [4.78, 5) is 25.1. The lowest BCUT2D eigenvalue weighted by atomic mass is 10.1. The van der Waals surface area contributed by atoms with Gasteiger partial charge < -0.3 is 34.7 Å². The molecule has 1 amide bonds. The van der Waals surface area contributed by atoms with Gasteiger partial charge in [-0.15, -0.1) is 0 Å². The van der Waals surface area contributed by atoms with Crippen LogP contribution >= 0.6 is 27.7 Å². The van der Waals surface area contributed by atoms with Gasteiger partial charge in [-0.3, -0.25) is 5.41 Å². The van der Waals surface area contributed by atoms with Crippen molar-refractivity contribution >= 4 is 45.4 Å². The van der Waals surface area contributed by atoms with Crippen LogP contribution in [-0.4, -0.2) is 58.3 Å². The maximum Gasteiger partial charge on any atom is 0.410 e. The van der Waals surface area contributed by atoms with Crippen LogP contribution in [-0.2, 0) is 4.74 Å². The number of carbonyl (C=O) groups is 1. The Kier molecular flexibility index (Phi) is 7.74. The molecule has 2 aliphatic rings. The standard InChI is InChI=1S/C24H31BrN6O4S/c1-5-30(10-8-14-7-6-9-31(14)23(32)35-24(2,3)4)21-19(20(26)27)28-22(29-21)36-18-12-17-16(11-15(18)25)33-13-34-17/h5,11-12,14H,1,6-10,13H2,2-4H3,(H3,26,27)(H,28,29). The molecule has 1 unspecified atom stereocenters. The summed E-state index contributed by atoms with van der Waals surface area (Å²) in [5.74, 6) is 1.73. The number of aromatic amines is 1. The van der Waals surface area contributed by atoms with E-state index in [2.05, 4.69) is 27.5 Å². The van der Waals surface area contributed by atoms with E-state index in [1.54, 1.807) is 11.1 Å². The highest BCUT2D eigenvalue weighted by Gasteiger charge is 2.32. The first-order chi connectivity index (χ1) is 17.1. The molecule has 0 radical (unpaired) electrons. The van der Waals surface area contributed by atoms with Gasteiger partial charge in [-0.25, -0.2) is 9.78 Å². The fourth-order valence-electron chi connectivity index (χ4n) is 4.14. The Bertz CT molecular complexity index is 1160. The molecule has 0 aliphatic carbocycles. The Morgan fingerprint density at radius 2 is 2.17 bits per heavy atom. The Morgan fingerprint density at radius 1 is 1.44 bits per heavy atom. The number of likely N-dealkylation sites (tertiary alicyclic amines) is 1. The van der Waals surface area contributed by atoms with Crippen molar-refractivity contribution in [2.45, 2.75) is 61.7 Å². The van der Waals surface area contributed by atoms with Crippen LogP contribution in [0.15, 0.2) is 39.4 Å². The van der Waals surface area contributed by atoms with Crippen molar-refractivity contribution in [3.8, 4) is 11.5 Å². The second-order valence-corrected chi connectivity index (χ2v) is 11.4. The van der Waals surface area contributed by atoms with Crippen molar-refractivity contribution in [1.82, 2.24) is 14.9 Å². The zero-order valence-corrected chi connectivity index (χ0v) is 23.0. The summed E-state index contributed by atoms with van der Waals surface area (Å²) in [6, 6.07) is 3.79. The van der Waals surface area contributed by atoms with Gasteiger partial charge in [0.2, 0.25) is 6.79 Å². The van der Waals surface area contributed by atoms with E-state index >= 15 is 0 Å². The summed E-state index contributed by atoms with van der Waals surface area (Å²) in [5, 5.41) is 8.64. The smallest absolute Gasteiger partial charge is 0.410 e. The molecule has 1 aromatic carbocycles. The summed E-state index contributed by atoms with van der Waals surface area (Å²) in [6.07, 6.45) is 3.92. The number of nitrogens with one attached hydrogen (secondary N) is 2. The number of hydrogen-bond acceptors (Lipinski definition) is 8. The van der Waals surface area contributed by atoms with Crippen molar-refractivity contribution in [3.05, 3.63) is 35.1 Å². The second kappa shape index (κ2) is 10.6. The first kappa shape index (κ1) is 26.2. The number of hydrogen-bond donors (Lipinski definition) is 3. The number of ether oxygens (including phenoxy) is 3. The van der Waals surface area contributed by atoms with Gasteiger partial charge >= 0.3 is 6.09 Å². The van der Waals surface area contributed by atoms with Crippen LogP contribution in [0.25, 0.3) is 0 Å². The van der Waals surface area contributed by atoms with E-state index in [0.29, 0.717) is 47.7 Å². The molecule has 1 fully saturated rings. The van der Waals surface area contributed by atoms with Crippen molar-refractivity contribution in [2.75, 3.05) is 24.8 Å². The minimum absolute atomic E-state index is 0.0560. The Hall–Kier alpha value is -2.86. The zero-order chi connectivity index (χ0) is 26.0. The van der Waals surface area contributed by atoms with E-state index in [0.717, 1.165) is 22.2 Å². The molecule has 0 spiro atoms. The molecule has 1 aromatic heterocycles. The average Bonchev–Trinajstić information content (AvgIpc) is 3.53. The fourth-order valence-corrected chi connectivity index (χ4v) is 5.52. The van der Waals surface area contributed by atoms with Gasteiger partial charge in [0.15, 0.2) is 22.5 Å². The van der Waals surface area contributed by atoms with Gasteiger partial charge in [0.05, 0.1) is 0 Å². The molecule has 2 aromatic rings. The summed E-state index contributed by atoms with van der Waals surface area (Å²) in [7, 11) is 0. The molecule has 4 N–H and O–H groups in total. The quantitative estimate of drug-likeness (QED) is 0.292. The summed E-state index contributed by atoms with van der Waals surface area (Å²) in [6.45, 7) is 11.0. The van der Waals surface area contributed by atoms with Gasteiger partial charge in [0, 0.05) is 28.5 Å². The average molecular weight is 580 g/mol. The number of rotatable bonds is 8. The lowest BCUT2D eigenvalue weighted by molar-refractivity contribution is 0.0222. The molecule has 2 aliphatic heterocycles. The molecular formula is C24H31BrN6O4S. The van der Waals surface area contributed by atoms with Crippen molar-refractivity contribution in [3.63, 3.8) is 0 Å². The maximum atomic E-state index is 12.7. The number of imidazole rings is 1. The first-order valence-corrected chi connectivity index (χ1v) is 13.3. The van der Waals surface area contributed by atoms with Crippen LogP contribution in [0.2, 0.25) is 0 Å². The van der Waals surface area contributed by atoms with Crippen LogP contribution in [0.1, 0.15) is 45.7 Å². The van der Waals surface area contributed by atoms with E-state index in [9.17, 15) is 4.79 Å². The Labute approximate surface area is 223 Å². The van der Waals surface area contributed by atoms with E-state index in [-0.39, 0.29) is 24.8 Å². The third-order valence-corrected chi connectivity index (χ3v) is 7.63. The first-order valence-electron chi connectivity index (χ1n) is 11.7. The minimum Gasteiger partial charge on any atom is -0.454 e. The number of benzene rings is 1. The van der Waals surface area contributed by atoms with Gasteiger partial charge in [0.1, 0.15) is 17.1 Å². The Balaban J connectivity index is 1.49. The third kappa shape index (κ3) is 5.92. The topological polar surface area (TPSA) is 130 Å². The molecule has 1 atom stereocenters. The monoisotopic (exact) mass is 578 g/mol. The minimum atomic E-state index is -0.538. The molecule has 194 valence electrons. The molecule has 10 nitrogen and oxygen atoms in total. The van der Waals surface area contributed by atoms with E-state index in [1.165, 1.54) is 11.8 Å². The van der Waals surface area contributed by atoms with Gasteiger partial charge in [-0.05, 0) is 74.3 Å². The summed E-state index contributed by atoms with van der Waals surface area (Å²) >= 11 is 4.95. The maximum absolute atomic E-state index is 12.7. The molecule has 3 heterocycles. The number of fused-ring (bicyclic) bond motifs is 1. The predicted octanol–water partition coefficient (Wildman–Crippen LogP) is 5.08. The lowest BCUT2D eigenvalue weighted by Crippen LogP contribution is -2.41. The number of aromatic nitrogens is 2. The highest BCUT2D eigenvalue weighted by atomic mass is 79.9. The molecular weight excluding hydrogens is 548 g/mol. The van der Waals surface area contributed by atoms with E-state index in [1.807, 2.05) is 37.8 Å². The Morgan fingerprint density at radius 3 is 2.83 bits per heavy atom. The number of halogens is 1. The van der Waals surface area contributed by atoms with Gasteiger partial charge in [0.25, 0.3) is 0 Å². The largest absolute Gasteiger partial charge is 0.454 e. The summed E-state index contributed by atoms with van der Waals surface area (Å²) < 4.78 is 17.3. The van der Waals surface area contributed by atoms with Crippen molar-refractivity contribution < 1.29 is 19.0 Å². The number of nitrogens with two attached hydrogens (primary N) is 1. The normalized spacial score (nSPS) is 16.8. The van der Waals surface area contributed by atoms with Crippen LogP contribution < -0.4 is 20.1 Å². The van der Waals surface area contributed by atoms with Gasteiger partial charge in [-0.2, -0.15) is 0 Å². The van der Waals surface area contributed by atoms with Gasteiger partial charge in [-0.1, -0.05) is 18.3 Å². The van der Waals surface area contributed by atoms with Crippen molar-refractivity contribution in [1.29, 1.82) is 5.41 Å². The fraction of sp³-hybridized carbons (Fsp3) is 0.458. The van der Waals surface area contributed by atoms with Crippen molar-refractivity contribution in [2.24, 2.45) is 5.73 Å². The SMILES string of the molecule is C=CN(CCC1CCCN1C(=O)OC(C)(C)C)c1nc(Sc2cc3c(cc2Br)OCO3)[nH]c1C(=N)N. The third-order valence-electron chi connectivity index (χ3n) is 5.77. The number of H-pyrrole nitrogens is 1. The highest BCUT2D eigenvalue weighted by Crippen LogP contribution is 2.42. The van der Waals surface area contributed by atoms with Crippen LogP contribution in [0.3, 0.4) is 0 Å². The zero-order valence-electron chi connectivity index (χ0n) is 20.6. The molecule has 1 saturated heterocycles. The number of carbonyl (C=O) groups excluding carboxylic acids is 1. The number of anilines is 1. The number of nitrogens with zero attached hydrogens (tertiary/aromatic N) is 3. The number of nitrogen functional groups attached to an aromatic ring is 1. The highest BCUT2D eigenvalue weighted by molar-refractivity contribution is 9.10.